The van der Waals surface area contributed by atoms with Crippen LogP contribution >= 0.6 is 11.6 Å². The normalized spacial score (nSPS) is 11.0. The van der Waals surface area contributed by atoms with E-state index in [2.05, 4.69) is 0 Å². The van der Waals surface area contributed by atoms with E-state index in [1.807, 2.05) is 26.0 Å². The third-order valence-corrected chi connectivity index (χ3v) is 3.78. The zero-order chi connectivity index (χ0) is 17.0. The second kappa shape index (κ2) is 6.99. The van der Waals surface area contributed by atoms with Crippen molar-refractivity contribution in [3.8, 4) is 17.6 Å². The van der Waals surface area contributed by atoms with Gasteiger partial charge in [0.1, 0.15) is 23.1 Å². The minimum Gasteiger partial charge on any atom is -0.477 e. The smallest absolute Gasteiger partial charge is 0.346 e. The minimum atomic E-state index is -1.25. The lowest BCUT2D eigenvalue weighted by atomic mass is 10.1. The number of halogens is 1. The number of carboxylic acid groups (broad SMARTS) is 1. The molecule has 0 amide bonds. The van der Waals surface area contributed by atoms with Crippen LogP contribution in [0.1, 0.15) is 16.7 Å². The van der Waals surface area contributed by atoms with E-state index >= 15 is 0 Å². The van der Waals surface area contributed by atoms with Crippen molar-refractivity contribution < 1.29 is 14.6 Å². The van der Waals surface area contributed by atoms with Crippen LogP contribution in [0.15, 0.2) is 42.0 Å². The third-order valence-electron chi connectivity index (χ3n) is 3.19. The molecule has 0 aliphatic carbocycles. The highest BCUT2D eigenvalue weighted by Crippen LogP contribution is 2.29. The number of nitriles is 1. The van der Waals surface area contributed by atoms with E-state index in [4.69, 9.17) is 26.7 Å². The van der Waals surface area contributed by atoms with Crippen molar-refractivity contribution in [3.63, 3.8) is 0 Å². The van der Waals surface area contributed by atoms with Gasteiger partial charge in [0.05, 0.1) is 0 Å². The Labute approximate surface area is 139 Å². The average molecular weight is 328 g/mol. The summed E-state index contributed by atoms with van der Waals surface area (Å²) in [5.74, 6) is 0.0352. The molecular weight excluding hydrogens is 314 g/mol. The maximum absolute atomic E-state index is 10.8. The van der Waals surface area contributed by atoms with Crippen LogP contribution < -0.4 is 4.74 Å². The molecule has 0 aliphatic heterocycles. The van der Waals surface area contributed by atoms with Crippen LogP contribution in [-0.4, -0.2) is 11.1 Å². The van der Waals surface area contributed by atoms with Gasteiger partial charge >= 0.3 is 5.97 Å². The van der Waals surface area contributed by atoms with Crippen molar-refractivity contribution >= 4 is 23.6 Å². The maximum atomic E-state index is 10.8. The number of carbonyl (C=O) groups is 1. The van der Waals surface area contributed by atoms with E-state index in [0.717, 1.165) is 16.1 Å². The Balaban J connectivity index is 2.21. The highest BCUT2D eigenvalue weighted by Gasteiger charge is 2.07. The Morgan fingerprint density at radius 2 is 1.74 bits per heavy atom. The van der Waals surface area contributed by atoms with Gasteiger partial charge in [-0.05, 0) is 60.9 Å². The van der Waals surface area contributed by atoms with Crippen molar-refractivity contribution in [3.05, 3.63) is 63.7 Å². The Hall–Kier alpha value is -2.77. The monoisotopic (exact) mass is 327 g/mol. The van der Waals surface area contributed by atoms with Crippen molar-refractivity contribution in [1.29, 1.82) is 5.26 Å². The van der Waals surface area contributed by atoms with Gasteiger partial charge in [-0.25, -0.2) is 4.79 Å². The molecule has 0 saturated heterocycles. The van der Waals surface area contributed by atoms with E-state index in [9.17, 15) is 4.79 Å². The maximum Gasteiger partial charge on any atom is 0.346 e. The van der Waals surface area contributed by atoms with Crippen molar-refractivity contribution in [2.45, 2.75) is 13.8 Å². The Morgan fingerprint density at radius 1 is 1.17 bits per heavy atom. The number of rotatable bonds is 4. The van der Waals surface area contributed by atoms with Gasteiger partial charge in [0.15, 0.2) is 0 Å². The number of hydrogen-bond donors (Lipinski definition) is 1. The number of aryl methyl sites for hydroxylation is 2. The molecule has 0 atom stereocenters. The first kappa shape index (κ1) is 16.6. The number of hydrogen-bond acceptors (Lipinski definition) is 3. The third kappa shape index (κ3) is 4.12. The van der Waals surface area contributed by atoms with Gasteiger partial charge in [0.25, 0.3) is 0 Å². The summed E-state index contributed by atoms with van der Waals surface area (Å²) in [5, 5.41) is 18.3. The average Bonchev–Trinajstić information content (AvgIpc) is 2.51. The highest BCUT2D eigenvalue weighted by atomic mass is 35.5. The van der Waals surface area contributed by atoms with Crippen LogP contribution in [0.2, 0.25) is 5.02 Å². The molecule has 5 heteroatoms. The summed E-state index contributed by atoms with van der Waals surface area (Å²) in [4.78, 5) is 10.8. The second-order valence-electron chi connectivity index (χ2n) is 5.02. The summed E-state index contributed by atoms with van der Waals surface area (Å²) in [7, 11) is 0. The van der Waals surface area contributed by atoms with Crippen LogP contribution in [0.4, 0.5) is 0 Å². The van der Waals surface area contributed by atoms with Crippen molar-refractivity contribution in [2.24, 2.45) is 0 Å². The number of ether oxygens (including phenoxy) is 1. The molecule has 2 rings (SSSR count). The Morgan fingerprint density at radius 3 is 2.22 bits per heavy atom. The molecule has 0 heterocycles. The van der Waals surface area contributed by atoms with Gasteiger partial charge in [-0.1, -0.05) is 23.7 Å². The lowest BCUT2D eigenvalue weighted by Crippen LogP contribution is -1.97. The molecule has 0 spiro atoms. The fourth-order valence-corrected chi connectivity index (χ4v) is 2.15. The molecule has 0 fully saturated rings. The highest BCUT2D eigenvalue weighted by molar-refractivity contribution is 6.32. The fraction of sp³-hybridized carbons (Fsp3) is 0.111. The predicted molar refractivity (Wildman–Crippen MR) is 88.7 cm³/mol. The topological polar surface area (TPSA) is 70.3 Å². The van der Waals surface area contributed by atoms with E-state index in [1.165, 1.54) is 6.08 Å². The number of aliphatic carboxylic acids is 1. The fourth-order valence-electron chi connectivity index (χ4n) is 2.04. The number of benzene rings is 2. The SMILES string of the molecule is Cc1cc(Oc2ccc(C=C(C#N)C(=O)O)cc2)cc(C)c1Cl. The Kier molecular flexibility index (Phi) is 5.05. The number of carboxylic acids is 1. The standard InChI is InChI=1S/C18H14ClNO3/c1-11-7-16(8-12(2)17(11)19)23-15-5-3-13(4-6-15)9-14(10-20)18(21)22/h3-9H,1-2H3,(H,21,22). The van der Waals surface area contributed by atoms with E-state index in [0.29, 0.717) is 17.1 Å². The summed E-state index contributed by atoms with van der Waals surface area (Å²) in [6, 6.07) is 12.1. The second-order valence-corrected chi connectivity index (χ2v) is 5.40. The van der Waals surface area contributed by atoms with Crippen LogP contribution in [0.5, 0.6) is 11.5 Å². The first-order valence-corrected chi connectivity index (χ1v) is 7.18. The zero-order valence-electron chi connectivity index (χ0n) is 12.6. The minimum absolute atomic E-state index is 0.317. The summed E-state index contributed by atoms with van der Waals surface area (Å²) < 4.78 is 5.77. The quantitative estimate of drug-likeness (QED) is 0.650. The van der Waals surface area contributed by atoms with E-state index in [1.54, 1.807) is 30.3 Å². The van der Waals surface area contributed by atoms with Gasteiger partial charge in [0, 0.05) is 5.02 Å². The summed E-state index contributed by atoms with van der Waals surface area (Å²) in [5.41, 5.74) is 2.16. The van der Waals surface area contributed by atoms with Gasteiger partial charge in [-0.3, -0.25) is 0 Å². The van der Waals surface area contributed by atoms with Crippen LogP contribution in [0.3, 0.4) is 0 Å². The molecule has 116 valence electrons. The summed E-state index contributed by atoms with van der Waals surface area (Å²) in [6.07, 6.45) is 1.31. The molecule has 0 saturated carbocycles. The molecular formula is C18H14ClNO3. The summed E-state index contributed by atoms with van der Waals surface area (Å²) >= 11 is 6.12. The predicted octanol–water partition coefficient (Wildman–Crippen LogP) is 4.74. The Bertz CT molecular complexity index is 794. The first-order valence-electron chi connectivity index (χ1n) is 6.80. The van der Waals surface area contributed by atoms with Gasteiger partial charge < -0.3 is 9.84 Å². The molecule has 2 aromatic carbocycles. The van der Waals surface area contributed by atoms with Gasteiger partial charge in [-0.2, -0.15) is 5.26 Å². The molecule has 0 bridgehead atoms. The molecule has 0 aromatic heterocycles. The zero-order valence-corrected chi connectivity index (χ0v) is 13.4. The lowest BCUT2D eigenvalue weighted by Gasteiger charge is -2.10. The van der Waals surface area contributed by atoms with Gasteiger partial charge in [0.2, 0.25) is 0 Å². The summed E-state index contributed by atoms with van der Waals surface area (Å²) in [6.45, 7) is 3.82. The molecule has 0 aliphatic rings. The molecule has 0 radical (unpaired) electrons. The largest absolute Gasteiger partial charge is 0.477 e. The molecule has 0 unspecified atom stereocenters. The van der Waals surface area contributed by atoms with Crippen molar-refractivity contribution in [2.75, 3.05) is 0 Å². The molecule has 2 aromatic rings. The van der Waals surface area contributed by atoms with Gasteiger partial charge in [-0.15, -0.1) is 0 Å². The molecule has 23 heavy (non-hydrogen) atoms. The lowest BCUT2D eigenvalue weighted by molar-refractivity contribution is -0.132. The van der Waals surface area contributed by atoms with Crippen LogP contribution in [-0.2, 0) is 4.79 Å². The van der Waals surface area contributed by atoms with E-state index in [-0.39, 0.29) is 5.57 Å². The molecule has 4 nitrogen and oxygen atoms in total. The van der Waals surface area contributed by atoms with E-state index < -0.39 is 5.97 Å². The van der Waals surface area contributed by atoms with Crippen molar-refractivity contribution in [1.82, 2.24) is 0 Å². The first-order chi connectivity index (χ1) is 10.9. The van der Waals surface area contributed by atoms with Crippen LogP contribution in [0, 0.1) is 25.2 Å². The number of nitrogens with zero attached hydrogens (tertiary/aromatic N) is 1. The van der Waals surface area contributed by atoms with Crippen LogP contribution in [0.25, 0.3) is 6.08 Å². The molecule has 1 N–H and O–H groups in total.